The largest absolute Gasteiger partial charge is 0.460 e. The number of ether oxygens (including phenoxy) is 1. The molecule has 0 heterocycles. The summed E-state index contributed by atoms with van der Waals surface area (Å²) in [4.78, 5) is 31.8. The topological polar surface area (TPSA) is 84.3 Å². The van der Waals surface area contributed by atoms with Crippen LogP contribution in [0, 0.1) is 5.41 Å². The lowest BCUT2D eigenvalue weighted by molar-refractivity contribution is -0.154. The Bertz CT molecular complexity index is 221. The minimum absolute atomic E-state index is 0.101. The fourth-order valence-electron chi connectivity index (χ4n) is 0.493. The summed E-state index contributed by atoms with van der Waals surface area (Å²) in [6.45, 7) is 1.66. The highest BCUT2D eigenvalue weighted by molar-refractivity contribution is 6.43. The van der Waals surface area contributed by atoms with Gasteiger partial charge in [0, 0.05) is 0 Å². The monoisotopic (exact) mass is 171 g/mol. The maximum Gasteiger partial charge on any atom is 0.375 e. The van der Waals surface area contributed by atoms with Gasteiger partial charge in [0.05, 0.1) is 19.2 Å². The van der Waals surface area contributed by atoms with E-state index in [-0.39, 0.29) is 6.61 Å². The molecule has 0 aliphatic carbocycles. The van der Waals surface area contributed by atoms with Gasteiger partial charge in [0.1, 0.15) is 0 Å². The molecule has 5 heteroatoms. The van der Waals surface area contributed by atoms with Crippen LogP contribution < -0.4 is 0 Å². The summed E-state index contributed by atoms with van der Waals surface area (Å²) < 4.78 is 4.33. The third kappa shape index (κ3) is 3.60. The quantitative estimate of drug-likeness (QED) is 0.267. The zero-order valence-corrected chi connectivity index (χ0v) is 6.62. The Balaban J connectivity index is 3.95. The van der Waals surface area contributed by atoms with E-state index in [1.165, 1.54) is 0 Å². The number of hydrogen-bond donors (Lipinski definition) is 1. The van der Waals surface area contributed by atoms with Gasteiger partial charge in [-0.05, 0) is 6.92 Å². The van der Waals surface area contributed by atoms with Crippen molar-refractivity contribution in [3.63, 3.8) is 0 Å². The third-order valence-corrected chi connectivity index (χ3v) is 0.999. The number of hydrogen-bond acceptors (Lipinski definition) is 5. The van der Waals surface area contributed by atoms with E-state index >= 15 is 0 Å². The molecule has 5 nitrogen and oxygen atoms in total. The molecule has 0 fully saturated rings. The number of ketones is 2. The van der Waals surface area contributed by atoms with Gasteiger partial charge in [0.2, 0.25) is 5.78 Å². The lowest BCUT2D eigenvalue weighted by Gasteiger charge is -1.97. The van der Waals surface area contributed by atoms with Gasteiger partial charge in [0.25, 0.3) is 0 Å². The molecule has 0 aromatic rings. The first-order valence-corrected chi connectivity index (χ1v) is 3.35. The van der Waals surface area contributed by atoms with Gasteiger partial charge in [0.15, 0.2) is 5.78 Å². The van der Waals surface area contributed by atoms with Crippen LogP contribution in [0.3, 0.4) is 0 Å². The molecule has 0 amide bonds. The van der Waals surface area contributed by atoms with Crippen molar-refractivity contribution in [1.29, 1.82) is 5.41 Å². The molecule has 0 aromatic heterocycles. The van der Waals surface area contributed by atoms with Crippen molar-refractivity contribution < 1.29 is 19.1 Å². The van der Waals surface area contributed by atoms with Crippen molar-refractivity contribution in [3.8, 4) is 0 Å². The first-order valence-electron chi connectivity index (χ1n) is 3.35. The number of nitrogens with one attached hydrogen (secondary N) is 1. The van der Waals surface area contributed by atoms with Crippen molar-refractivity contribution in [2.75, 3.05) is 6.61 Å². The van der Waals surface area contributed by atoms with Gasteiger partial charge in [-0.25, -0.2) is 4.79 Å². The van der Waals surface area contributed by atoms with Gasteiger partial charge in [-0.3, -0.25) is 9.59 Å². The minimum atomic E-state index is -1.02. The molecule has 66 valence electrons. The number of carbonyl (C=O) groups excluding carboxylic acids is 3. The van der Waals surface area contributed by atoms with Crippen LogP contribution in [-0.2, 0) is 19.1 Å². The molecule has 0 aliphatic heterocycles. The first-order chi connectivity index (χ1) is 5.61. The number of esters is 1. The smallest absolute Gasteiger partial charge is 0.375 e. The predicted molar refractivity (Wildman–Crippen MR) is 40.0 cm³/mol. The number of Topliss-reactive ketones (excluding diaryl/α,β-unsaturated/α-hetero) is 2. The Hall–Kier alpha value is -1.52. The summed E-state index contributed by atoms with van der Waals surface area (Å²) in [6, 6.07) is 0. The molecule has 1 N–H and O–H groups in total. The second kappa shape index (κ2) is 5.17. The Morgan fingerprint density at radius 1 is 1.42 bits per heavy atom. The highest BCUT2D eigenvalue weighted by atomic mass is 16.5. The summed E-state index contributed by atoms with van der Waals surface area (Å²) in [5, 5.41) is 6.47. The zero-order valence-electron chi connectivity index (χ0n) is 6.62. The fourth-order valence-corrected chi connectivity index (χ4v) is 0.493. The van der Waals surface area contributed by atoms with E-state index in [0.717, 1.165) is 0 Å². The molecule has 0 aromatic carbocycles. The molecule has 0 spiro atoms. The molecule has 0 bridgehead atoms. The Morgan fingerprint density at radius 2 is 2.00 bits per heavy atom. The van der Waals surface area contributed by atoms with Crippen LogP contribution in [0.1, 0.15) is 13.3 Å². The summed E-state index contributed by atoms with van der Waals surface area (Å²) in [5.74, 6) is -2.63. The lowest BCUT2D eigenvalue weighted by Crippen LogP contribution is -2.20. The van der Waals surface area contributed by atoms with E-state index in [0.29, 0.717) is 6.21 Å². The Kier molecular flexibility index (Phi) is 4.52. The maximum absolute atomic E-state index is 10.7. The summed E-state index contributed by atoms with van der Waals surface area (Å²) >= 11 is 0. The van der Waals surface area contributed by atoms with Gasteiger partial charge in [-0.1, -0.05) is 0 Å². The van der Waals surface area contributed by atoms with Gasteiger partial charge in [-0.15, -0.1) is 0 Å². The highest BCUT2D eigenvalue weighted by Gasteiger charge is 2.17. The Morgan fingerprint density at radius 3 is 2.42 bits per heavy atom. The van der Waals surface area contributed by atoms with E-state index < -0.39 is 24.0 Å². The summed E-state index contributed by atoms with van der Waals surface area (Å²) in [6.07, 6.45) is -0.0839. The Labute approximate surface area is 69.2 Å². The van der Waals surface area contributed by atoms with Crippen molar-refractivity contribution in [2.24, 2.45) is 0 Å². The van der Waals surface area contributed by atoms with Crippen molar-refractivity contribution in [3.05, 3.63) is 0 Å². The molecular weight excluding hydrogens is 162 g/mol. The summed E-state index contributed by atoms with van der Waals surface area (Å²) in [7, 11) is 0. The van der Waals surface area contributed by atoms with E-state index in [4.69, 9.17) is 5.41 Å². The second-order valence-corrected chi connectivity index (χ2v) is 1.93. The van der Waals surface area contributed by atoms with Crippen LogP contribution in [0.4, 0.5) is 0 Å². The third-order valence-electron chi connectivity index (χ3n) is 0.999. The lowest BCUT2D eigenvalue weighted by atomic mass is 10.2. The fraction of sp³-hybridized carbons (Fsp3) is 0.429. The molecule has 0 unspecified atom stereocenters. The van der Waals surface area contributed by atoms with Crippen LogP contribution >= 0.6 is 0 Å². The minimum Gasteiger partial charge on any atom is -0.460 e. The summed E-state index contributed by atoms with van der Waals surface area (Å²) in [5.41, 5.74) is 0. The van der Waals surface area contributed by atoms with Crippen LogP contribution in [0.25, 0.3) is 0 Å². The SMILES string of the molecule is CCOC(=O)C(=O)CC(=O)C=N. The molecule has 12 heavy (non-hydrogen) atoms. The van der Waals surface area contributed by atoms with Gasteiger partial charge in [-0.2, -0.15) is 0 Å². The predicted octanol–water partition coefficient (Wildman–Crippen LogP) is -0.273. The van der Waals surface area contributed by atoms with Crippen LogP contribution in [0.15, 0.2) is 0 Å². The molecule has 0 rings (SSSR count). The second-order valence-electron chi connectivity index (χ2n) is 1.93. The molecule has 0 aliphatic rings. The van der Waals surface area contributed by atoms with E-state index in [2.05, 4.69) is 4.74 Å². The number of carbonyl (C=O) groups is 3. The molecular formula is C7H9NO4. The molecule has 0 radical (unpaired) electrons. The first kappa shape index (κ1) is 10.5. The molecule has 0 atom stereocenters. The highest BCUT2D eigenvalue weighted by Crippen LogP contribution is 1.88. The van der Waals surface area contributed by atoms with E-state index in [1.54, 1.807) is 6.92 Å². The van der Waals surface area contributed by atoms with E-state index in [1.807, 2.05) is 0 Å². The maximum atomic E-state index is 10.7. The number of rotatable bonds is 5. The van der Waals surface area contributed by atoms with Crippen LogP contribution in [0.5, 0.6) is 0 Å². The van der Waals surface area contributed by atoms with Gasteiger partial charge >= 0.3 is 5.97 Å². The standard InChI is InChI=1S/C7H9NO4/c1-2-12-7(11)6(10)3-5(9)4-8/h4,8H,2-3H2,1H3. The average molecular weight is 171 g/mol. The van der Waals surface area contributed by atoms with Crippen LogP contribution in [0.2, 0.25) is 0 Å². The zero-order chi connectivity index (χ0) is 9.56. The molecule has 0 saturated carbocycles. The van der Waals surface area contributed by atoms with Crippen LogP contribution in [-0.4, -0.2) is 30.4 Å². The normalized spacial score (nSPS) is 8.75. The van der Waals surface area contributed by atoms with Crippen molar-refractivity contribution in [2.45, 2.75) is 13.3 Å². The molecule has 0 saturated heterocycles. The van der Waals surface area contributed by atoms with Gasteiger partial charge < -0.3 is 10.1 Å². The van der Waals surface area contributed by atoms with E-state index in [9.17, 15) is 14.4 Å². The average Bonchev–Trinajstić information content (AvgIpc) is 2.04. The van der Waals surface area contributed by atoms with Crippen molar-refractivity contribution >= 4 is 23.8 Å². The van der Waals surface area contributed by atoms with Crippen molar-refractivity contribution in [1.82, 2.24) is 0 Å².